The molecule has 0 aliphatic carbocycles. The number of carbonyl (C=O) groups excluding carboxylic acids is 1. The molecule has 0 radical (unpaired) electrons. The smallest absolute Gasteiger partial charge is 0.311 e. The van der Waals surface area contributed by atoms with Gasteiger partial charge in [-0.05, 0) is 67.5 Å². The van der Waals surface area contributed by atoms with E-state index >= 15 is 0 Å². The molecule has 2 aliphatic heterocycles. The van der Waals surface area contributed by atoms with Crippen molar-refractivity contribution in [3.63, 3.8) is 0 Å². The van der Waals surface area contributed by atoms with E-state index in [9.17, 15) is 14.7 Å². The molecule has 1 aromatic carbocycles. The number of hydrogen-bond donors (Lipinski definition) is 1. The van der Waals surface area contributed by atoms with E-state index < -0.39 is 11.4 Å². The van der Waals surface area contributed by atoms with Crippen LogP contribution in [0.4, 0.5) is 0 Å². The molecular formula is C18H22N6O3. The van der Waals surface area contributed by atoms with Crippen LogP contribution in [0.3, 0.4) is 0 Å². The molecular weight excluding hydrogens is 348 g/mol. The van der Waals surface area contributed by atoms with Crippen molar-refractivity contribution in [2.45, 2.75) is 25.3 Å². The first-order valence-corrected chi connectivity index (χ1v) is 9.07. The number of aromatic nitrogens is 4. The second-order valence-corrected chi connectivity index (χ2v) is 7.36. The van der Waals surface area contributed by atoms with E-state index in [2.05, 4.69) is 20.4 Å². The molecule has 1 aromatic heterocycles. The van der Waals surface area contributed by atoms with Gasteiger partial charge in [-0.1, -0.05) is 0 Å². The number of carboxylic acid groups (broad SMARTS) is 1. The third-order valence-corrected chi connectivity index (χ3v) is 5.97. The molecule has 0 bridgehead atoms. The fraction of sp³-hybridized carbons (Fsp3) is 0.500. The Morgan fingerprint density at radius 1 is 1.19 bits per heavy atom. The summed E-state index contributed by atoms with van der Waals surface area (Å²) in [6, 6.07) is 6.94. The highest BCUT2D eigenvalue weighted by atomic mass is 16.4. The van der Waals surface area contributed by atoms with Crippen molar-refractivity contribution in [2.75, 3.05) is 26.7 Å². The third-order valence-electron chi connectivity index (χ3n) is 5.97. The van der Waals surface area contributed by atoms with Crippen LogP contribution in [0.5, 0.6) is 0 Å². The Hall–Kier alpha value is -2.81. The zero-order valence-electron chi connectivity index (χ0n) is 15.2. The van der Waals surface area contributed by atoms with E-state index in [-0.39, 0.29) is 11.9 Å². The van der Waals surface area contributed by atoms with Gasteiger partial charge in [-0.2, -0.15) is 0 Å². The van der Waals surface area contributed by atoms with Crippen LogP contribution in [0.25, 0.3) is 5.69 Å². The van der Waals surface area contributed by atoms with Crippen LogP contribution in [-0.2, 0) is 4.79 Å². The molecule has 1 amide bonds. The van der Waals surface area contributed by atoms with Gasteiger partial charge in [0.05, 0.1) is 11.1 Å². The maximum atomic E-state index is 13.0. The summed E-state index contributed by atoms with van der Waals surface area (Å²) in [7, 11) is 1.95. The molecule has 2 atom stereocenters. The van der Waals surface area contributed by atoms with E-state index in [1.54, 1.807) is 29.2 Å². The molecule has 27 heavy (non-hydrogen) atoms. The van der Waals surface area contributed by atoms with Crippen LogP contribution in [0.2, 0.25) is 0 Å². The van der Waals surface area contributed by atoms with E-state index in [0.717, 1.165) is 18.7 Å². The Labute approximate surface area is 156 Å². The fourth-order valence-electron chi connectivity index (χ4n) is 4.39. The number of benzene rings is 1. The Morgan fingerprint density at radius 2 is 1.96 bits per heavy atom. The zero-order chi connectivity index (χ0) is 19.0. The summed E-state index contributed by atoms with van der Waals surface area (Å²) in [6.07, 6.45) is 3.55. The highest BCUT2D eigenvalue weighted by Gasteiger charge is 2.52. The minimum atomic E-state index is -0.742. The summed E-state index contributed by atoms with van der Waals surface area (Å²) in [5, 5.41) is 20.9. The second kappa shape index (κ2) is 6.73. The summed E-state index contributed by atoms with van der Waals surface area (Å²) in [6.45, 7) is 1.77. The standard InChI is InChI=1S/C18H22N6O3/c1-22-9-2-7-18(17(26)27)8-10-23(11-15(18)22)16(25)13-3-5-14(6-4-13)24-12-19-20-21-24/h3-6,12,15H,2,7-11H2,1H3,(H,26,27)/t15-,18+/m1/s1. The molecule has 142 valence electrons. The number of aliphatic carboxylic acids is 1. The number of carboxylic acids is 1. The average molecular weight is 370 g/mol. The summed E-state index contributed by atoms with van der Waals surface area (Å²) >= 11 is 0. The Kier molecular flexibility index (Phi) is 4.39. The van der Waals surface area contributed by atoms with E-state index in [0.29, 0.717) is 31.5 Å². The summed E-state index contributed by atoms with van der Waals surface area (Å²) in [5.41, 5.74) is 0.605. The number of piperidine rings is 2. The van der Waals surface area contributed by atoms with Crippen LogP contribution in [0.15, 0.2) is 30.6 Å². The first kappa shape index (κ1) is 17.6. The lowest BCUT2D eigenvalue weighted by atomic mass is 9.68. The Balaban J connectivity index is 1.52. The molecule has 4 rings (SSSR count). The second-order valence-electron chi connectivity index (χ2n) is 7.36. The van der Waals surface area contributed by atoms with Crippen molar-refractivity contribution < 1.29 is 14.7 Å². The summed E-state index contributed by atoms with van der Waals surface area (Å²) in [4.78, 5) is 28.8. The molecule has 0 spiro atoms. The van der Waals surface area contributed by atoms with Gasteiger partial charge >= 0.3 is 5.97 Å². The number of tetrazole rings is 1. The maximum absolute atomic E-state index is 13.0. The molecule has 2 aromatic rings. The van der Waals surface area contributed by atoms with Gasteiger partial charge in [-0.25, -0.2) is 4.68 Å². The van der Waals surface area contributed by atoms with Gasteiger partial charge in [0.1, 0.15) is 6.33 Å². The predicted octanol–water partition coefficient (Wildman–Crippen LogP) is 0.673. The van der Waals surface area contributed by atoms with Gasteiger partial charge in [-0.15, -0.1) is 5.10 Å². The molecule has 0 saturated carbocycles. The first-order valence-electron chi connectivity index (χ1n) is 9.07. The molecule has 9 nitrogen and oxygen atoms in total. The van der Waals surface area contributed by atoms with Gasteiger partial charge in [0, 0.05) is 24.7 Å². The van der Waals surface area contributed by atoms with Crippen molar-refractivity contribution in [1.29, 1.82) is 0 Å². The maximum Gasteiger partial charge on any atom is 0.311 e. The molecule has 3 heterocycles. The van der Waals surface area contributed by atoms with Crippen molar-refractivity contribution >= 4 is 11.9 Å². The monoisotopic (exact) mass is 370 g/mol. The summed E-state index contributed by atoms with van der Waals surface area (Å²) in [5.74, 6) is -0.812. The number of fused-ring (bicyclic) bond motifs is 1. The first-order chi connectivity index (χ1) is 13.0. The third kappa shape index (κ3) is 2.97. The van der Waals surface area contributed by atoms with Gasteiger partial charge < -0.3 is 14.9 Å². The number of likely N-dealkylation sites (N-methyl/N-ethyl adjacent to an activating group) is 1. The number of carbonyl (C=O) groups is 2. The highest BCUT2D eigenvalue weighted by Crippen LogP contribution is 2.42. The SMILES string of the molecule is CN1CCC[C@]2(C(=O)O)CCN(C(=O)c3ccc(-n4cnnn4)cc3)C[C@@H]12. The average Bonchev–Trinajstić information content (AvgIpc) is 3.22. The molecule has 0 unspecified atom stereocenters. The lowest BCUT2D eigenvalue weighted by Gasteiger charge is -2.51. The number of hydrogen-bond acceptors (Lipinski definition) is 6. The minimum Gasteiger partial charge on any atom is -0.481 e. The number of amides is 1. The van der Waals surface area contributed by atoms with Crippen molar-refractivity contribution in [1.82, 2.24) is 30.0 Å². The van der Waals surface area contributed by atoms with Crippen LogP contribution in [0, 0.1) is 5.41 Å². The van der Waals surface area contributed by atoms with E-state index in [1.165, 1.54) is 11.0 Å². The van der Waals surface area contributed by atoms with E-state index in [1.807, 2.05) is 7.05 Å². The van der Waals surface area contributed by atoms with Crippen LogP contribution >= 0.6 is 0 Å². The molecule has 1 N–H and O–H groups in total. The highest BCUT2D eigenvalue weighted by molar-refractivity contribution is 5.94. The van der Waals surface area contributed by atoms with Crippen molar-refractivity contribution in [2.24, 2.45) is 5.41 Å². The zero-order valence-corrected chi connectivity index (χ0v) is 15.2. The Bertz CT molecular complexity index is 837. The lowest BCUT2D eigenvalue weighted by molar-refractivity contribution is -0.161. The number of rotatable bonds is 3. The largest absolute Gasteiger partial charge is 0.481 e. The van der Waals surface area contributed by atoms with Crippen LogP contribution in [0.1, 0.15) is 29.6 Å². The lowest BCUT2D eigenvalue weighted by Crippen LogP contribution is -2.63. The van der Waals surface area contributed by atoms with Crippen molar-refractivity contribution in [3.8, 4) is 5.69 Å². The quantitative estimate of drug-likeness (QED) is 0.847. The van der Waals surface area contributed by atoms with Gasteiger partial charge in [0.15, 0.2) is 0 Å². The normalized spacial score (nSPS) is 25.8. The minimum absolute atomic E-state index is 0.0729. The van der Waals surface area contributed by atoms with Gasteiger partial charge in [0.25, 0.3) is 5.91 Å². The number of nitrogens with zero attached hydrogens (tertiary/aromatic N) is 6. The van der Waals surface area contributed by atoms with Gasteiger partial charge in [0.2, 0.25) is 0 Å². The van der Waals surface area contributed by atoms with Crippen molar-refractivity contribution in [3.05, 3.63) is 36.2 Å². The van der Waals surface area contributed by atoms with Crippen LogP contribution < -0.4 is 0 Å². The molecule has 2 saturated heterocycles. The van der Waals surface area contributed by atoms with E-state index in [4.69, 9.17) is 0 Å². The summed E-state index contributed by atoms with van der Waals surface area (Å²) < 4.78 is 1.52. The Morgan fingerprint density at radius 3 is 2.63 bits per heavy atom. The fourth-order valence-corrected chi connectivity index (χ4v) is 4.39. The predicted molar refractivity (Wildman–Crippen MR) is 95.4 cm³/mol. The molecule has 2 aliphatic rings. The molecule has 2 fully saturated rings. The topological polar surface area (TPSA) is 104 Å². The van der Waals surface area contributed by atoms with Gasteiger partial charge in [-0.3, -0.25) is 9.59 Å². The van der Waals surface area contributed by atoms with Crippen LogP contribution in [-0.4, -0.2) is 79.7 Å². The number of likely N-dealkylation sites (tertiary alicyclic amines) is 2. The molecule has 9 heteroatoms.